The summed E-state index contributed by atoms with van der Waals surface area (Å²) in [6.07, 6.45) is 0. The molecule has 2 aromatic carbocycles. The highest BCUT2D eigenvalue weighted by Crippen LogP contribution is 2.40. The molecule has 29 heavy (non-hydrogen) atoms. The summed E-state index contributed by atoms with van der Waals surface area (Å²) in [6, 6.07) is 15.0. The number of rotatable bonds is 6. The van der Waals surface area contributed by atoms with E-state index in [-0.39, 0.29) is 5.95 Å². The first-order valence-electron chi connectivity index (χ1n) is 8.82. The van der Waals surface area contributed by atoms with Crippen LogP contribution in [0.1, 0.15) is 0 Å². The highest BCUT2D eigenvalue weighted by molar-refractivity contribution is 5.82. The Hall–Kier alpha value is -3.94. The van der Waals surface area contributed by atoms with E-state index in [0.717, 1.165) is 11.0 Å². The van der Waals surface area contributed by atoms with Crippen molar-refractivity contribution in [3.63, 3.8) is 0 Å². The van der Waals surface area contributed by atoms with E-state index in [4.69, 9.17) is 24.4 Å². The van der Waals surface area contributed by atoms with E-state index in [0.29, 0.717) is 40.2 Å². The zero-order valence-electron chi connectivity index (χ0n) is 16.2. The van der Waals surface area contributed by atoms with Crippen molar-refractivity contribution < 1.29 is 18.6 Å². The largest absolute Gasteiger partial charge is 0.493 e. The van der Waals surface area contributed by atoms with Gasteiger partial charge in [-0.05, 0) is 12.1 Å². The molecule has 0 radical (unpaired) electrons. The number of para-hydroxylation sites is 1. The molecule has 0 amide bonds. The van der Waals surface area contributed by atoms with Crippen molar-refractivity contribution in [2.24, 2.45) is 0 Å². The van der Waals surface area contributed by atoms with Crippen LogP contribution in [0.3, 0.4) is 0 Å². The summed E-state index contributed by atoms with van der Waals surface area (Å²) in [6.45, 7) is 0. The van der Waals surface area contributed by atoms with Gasteiger partial charge in [-0.25, -0.2) is 4.98 Å². The number of hydrogen-bond acceptors (Lipinski definition) is 8. The minimum atomic E-state index is 0.123. The summed E-state index contributed by atoms with van der Waals surface area (Å²) < 4.78 is 22.0. The minimum Gasteiger partial charge on any atom is -0.493 e. The molecule has 2 aromatic heterocycles. The van der Waals surface area contributed by atoms with Crippen LogP contribution in [-0.4, -0.2) is 31.3 Å². The number of benzene rings is 2. The maximum Gasteiger partial charge on any atom is 0.222 e. The molecular formula is C21H20N4O4. The third-order valence-corrected chi connectivity index (χ3v) is 4.36. The number of nitrogens with one attached hydrogen (secondary N) is 1. The standard InChI is InChI=1S/C21H20N4O4/c1-26-17-9-13(10-18(27-2)20(17)28-3)23-19-11-14(24-21(22)25-19)16-8-12-6-4-5-7-15(12)29-16/h4-11H,1-3H3,(H3,22,23,24,25). The van der Waals surface area contributed by atoms with Crippen LogP contribution in [0.25, 0.3) is 22.4 Å². The Morgan fingerprint density at radius 3 is 2.28 bits per heavy atom. The highest BCUT2D eigenvalue weighted by atomic mass is 16.5. The first kappa shape index (κ1) is 18.4. The highest BCUT2D eigenvalue weighted by Gasteiger charge is 2.15. The second kappa shape index (κ2) is 7.59. The molecule has 8 heteroatoms. The van der Waals surface area contributed by atoms with E-state index in [1.165, 1.54) is 0 Å². The van der Waals surface area contributed by atoms with Crippen molar-refractivity contribution in [2.75, 3.05) is 32.4 Å². The van der Waals surface area contributed by atoms with Gasteiger partial charge in [-0.15, -0.1) is 0 Å². The monoisotopic (exact) mass is 392 g/mol. The predicted molar refractivity (Wildman–Crippen MR) is 111 cm³/mol. The van der Waals surface area contributed by atoms with E-state index >= 15 is 0 Å². The zero-order valence-corrected chi connectivity index (χ0v) is 16.2. The molecule has 0 bridgehead atoms. The molecule has 0 aliphatic heterocycles. The van der Waals surface area contributed by atoms with Crippen molar-refractivity contribution in [1.29, 1.82) is 0 Å². The number of furan rings is 1. The fourth-order valence-electron chi connectivity index (χ4n) is 3.07. The maximum atomic E-state index is 5.93. The Labute approximate surface area is 167 Å². The molecule has 148 valence electrons. The van der Waals surface area contributed by atoms with Crippen molar-refractivity contribution in [1.82, 2.24) is 9.97 Å². The Kier molecular flexibility index (Phi) is 4.82. The second-order valence-electron chi connectivity index (χ2n) is 6.18. The number of anilines is 3. The van der Waals surface area contributed by atoms with Crippen LogP contribution in [0.15, 0.2) is 52.9 Å². The average Bonchev–Trinajstić information content (AvgIpc) is 3.17. The predicted octanol–water partition coefficient (Wildman–Crippen LogP) is 4.24. The summed E-state index contributed by atoms with van der Waals surface area (Å²) >= 11 is 0. The number of methoxy groups -OCH3 is 3. The first-order valence-corrected chi connectivity index (χ1v) is 8.82. The molecule has 2 heterocycles. The summed E-state index contributed by atoms with van der Waals surface area (Å²) in [5, 5.41) is 4.19. The van der Waals surface area contributed by atoms with Crippen LogP contribution in [0.5, 0.6) is 17.2 Å². The Morgan fingerprint density at radius 1 is 0.897 bits per heavy atom. The molecule has 0 spiro atoms. The number of nitrogens with two attached hydrogens (primary N) is 1. The lowest BCUT2D eigenvalue weighted by Gasteiger charge is -2.15. The van der Waals surface area contributed by atoms with Gasteiger partial charge in [-0.2, -0.15) is 4.98 Å². The average molecular weight is 392 g/mol. The van der Waals surface area contributed by atoms with Gasteiger partial charge < -0.3 is 29.7 Å². The minimum absolute atomic E-state index is 0.123. The second-order valence-corrected chi connectivity index (χ2v) is 6.18. The van der Waals surface area contributed by atoms with Crippen LogP contribution in [0.2, 0.25) is 0 Å². The number of nitrogens with zero attached hydrogens (tertiary/aromatic N) is 2. The van der Waals surface area contributed by atoms with E-state index in [9.17, 15) is 0 Å². The van der Waals surface area contributed by atoms with Crippen molar-refractivity contribution in [3.8, 4) is 28.7 Å². The van der Waals surface area contributed by atoms with Gasteiger partial charge in [-0.3, -0.25) is 0 Å². The van der Waals surface area contributed by atoms with Gasteiger partial charge in [0.2, 0.25) is 11.7 Å². The molecule has 0 fully saturated rings. The molecular weight excluding hydrogens is 372 g/mol. The molecule has 0 aliphatic carbocycles. The van der Waals surface area contributed by atoms with E-state index < -0.39 is 0 Å². The van der Waals surface area contributed by atoms with Crippen LogP contribution in [-0.2, 0) is 0 Å². The van der Waals surface area contributed by atoms with Crippen LogP contribution < -0.4 is 25.3 Å². The summed E-state index contributed by atoms with van der Waals surface area (Å²) in [7, 11) is 4.67. The van der Waals surface area contributed by atoms with Gasteiger partial charge in [0.25, 0.3) is 0 Å². The van der Waals surface area contributed by atoms with Gasteiger partial charge in [0, 0.05) is 29.3 Å². The quantitative estimate of drug-likeness (QED) is 0.502. The third-order valence-electron chi connectivity index (χ3n) is 4.36. The molecule has 0 saturated heterocycles. The maximum absolute atomic E-state index is 5.93. The van der Waals surface area contributed by atoms with Gasteiger partial charge in [-0.1, -0.05) is 18.2 Å². The molecule has 0 saturated carbocycles. The van der Waals surface area contributed by atoms with Crippen molar-refractivity contribution in [2.45, 2.75) is 0 Å². The number of hydrogen-bond donors (Lipinski definition) is 2. The number of fused-ring (bicyclic) bond motifs is 1. The first-order chi connectivity index (χ1) is 14.1. The fraction of sp³-hybridized carbons (Fsp3) is 0.143. The summed E-state index contributed by atoms with van der Waals surface area (Å²) in [5.74, 6) is 2.78. The van der Waals surface area contributed by atoms with E-state index in [1.54, 1.807) is 39.5 Å². The van der Waals surface area contributed by atoms with Crippen molar-refractivity contribution in [3.05, 3.63) is 48.5 Å². The third kappa shape index (κ3) is 3.60. The van der Waals surface area contributed by atoms with E-state index in [1.807, 2.05) is 30.3 Å². The summed E-state index contributed by atoms with van der Waals surface area (Å²) in [5.41, 5.74) is 7.97. The van der Waals surface area contributed by atoms with Crippen LogP contribution in [0, 0.1) is 0 Å². The molecule has 4 aromatic rings. The molecule has 0 unspecified atom stereocenters. The van der Waals surface area contributed by atoms with Gasteiger partial charge in [0.05, 0.1) is 21.3 Å². The lowest BCUT2D eigenvalue weighted by Crippen LogP contribution is -2.02. The molecule has 8 nitrogen and oxygen atoms in total. The van der Waals surface area contributed by atoms with Gasteiger partial charge in [0.15, 0.2) is 17.3 Å². The number of aromatic nitrogens is 2. The lowest BCUT2D eigenvalue weighted by molar-refractivity contribution is 0.324. The normalized spacial score (nSPS) is 10.7. The molecule has 0 atom stereocenters. The molecule has 4 rings (SSSR count). The number of nitrogen functional groups attached to an aromatic ring is 1. The Bertz CT molecular complexity index is 1110. The zero-order chi connectivity index (χ0) is 20.4. The Balaban J connectivity index is 1.71. The SMILES string of the molecule is COc1cc(Nc2cc(-c3cc4ccccc4o3)nc(N)n2)cc(OC)c1OC. The van der Waals surface area contributed by atoms with E-state index in [2.05, 4.69) is 15.3 Å². The molecule has 0 aliphatic rings. The summed E-state index contributed by atoms with van der Waals surface area (Å²) in [4.78, 5) is 8.56. The Morgan fingerprint density at radius 2 is 1.62 bits per heavy atom. The number of ether oxygens (including phenoxy) is 3. The topological polar surface area (TPSA) is 105 Å². The van der Waals surface area contributed by atoms with Gasteiger partial charge in [0.1, 0.15) is 17.1 Å². The van der Waals surface area contributed by atoms with Crippen LogP contribution >= 0.6 is 0 Å². The smallest absolute Gasteiger partial charge is 0.222 e. The van der Waals surface area contributed by atoms with Crippen molar-refractivity contribution >= 4 is 28.4 Å². The van der Waals surface area contributed by atoms with Gasteiger partial charge >= 0.3 is 0 Å². The molecule has 3 N–H and O–H groups in total. The lowest BCUT2D eigenvalue weighted by atomic mass is 10.2. The van der Waals surface area contributed by atoms with Crippen LogP contribution in [0.4, 0.5) is 17.5 Å². The fourth-order valence-corrected chi connectivity index (χ4v) is 3.07.